The molecule has 88 valence electrons. The van der Waals surface area contributed by atoms with Crippen LogP contribution in [0, 0.1) is 12.8 Å². The average Bonchev–Trinajstić information content (AvgIpc) is 2.75. The van der Waals surface area contributed by atoms with Crippen molar-refractivity contribution in [1.29, 1.82) is 0 Å². The number of nitrogens with one attached hydrogen (secondary N) is 1. The molecule has 0 amide bonds. The number of hydrogen-bond donors (Lipinski definition) is 1. The van der Waals surface area contributed by atoms with Gasteiger partial charge in [0.1, 0.15) is 0 Å². The van der Waals surface area contributed by atoms with E-state index in [9.17, 15) is 0 Å². The normalized spacial score (nSPS) is 18.9. The molecular formula is C14H20ClN. The Morgan fingerprint density at radius 2 is 2.00 bits per heavy atom. The van der Waals surface area contributed by atoms with Crippen molar-refractivity contribution in [3.63, 3.8) is 0 Å². The molecule has 1 aromatic rings. The lowest BCUT2D eigenvalue weighted by atomic mass is 9.89. The van der Waals surface area contributed by atoms with E-state index >= 15 is 0 Å². The molecule has 1 unspecified atom stereocenters. The number of halogens is 1. The lowest BCUT2D eigenvalue weighted by Gasteiger charge is -2.25. The van der Waals surface area contributed by atoms with Gasteiger partial charge in [0.05, 0.1) is 0 Å². The Kier molecular flexibility index (Phi) is 3.88. The van der Waals surface area contributed by atoms with Crippen molar-refractivity contribution >= 4 is 11.6 Å². The molecule has 0 spiro atoms. The molecule has 1 nitrogen and oxygen atoms in total. The molecule has 1 aliphatic rings. The summed E-state index contributed by atoms with van der Waals surface area (Å²) < 4.78 is 0. The zero-order valence-electron chi connectivity index (χ0n) is 10.1. The van der Waals surface area contributed by atoms with Crippen LogP contribution in [0.15, 0.2) is 18.2 Å². The largest absolute Gasteiger partial charge is 0.313 e. The van der Waals surface area contributed by atoms with Gasteiger partial charge in [-0.2, -0.15) is 0 Å². The van der Waals surface area contributed by atoms with E-state index in [4.69, 9.17) is 11.6 Å². The van der Waals surface area contributed by atoms with Gasteiger partial charge < -0.3 is 5.32 Å². The van der Waals surface area contributed by atoms with Crippen LogP contribution < -0.4 is 5.32 Å². The maximum Gasteiger partial charge on any atom is 0.0408 e. The second-order valence-corrected chi connectivity index (χ2v) is 5.25. The molecule has 1 aromatic carbocycles. The number of hydrogen-bond acceptors (Lipinski definition) is 1. The van der Waals surface area contributed by atoms with Gasteiger partial charge in [0.25, 0.3) is 0 Å². The third kappa shape index (κ3) is 2.41. The molecule has 0 aliphatic heterocycles. The minimum absolute atomic E-state index is 0.500. The predicted octanol–water partition coefficient (Wildman–Crippen LogP) is 4.10. The SMILES string of the molecule is CNC(c1ccc(Cl)cc1C)C1CCCC1. The summed E-state index contributed by atoms with van der Waals surface area (Å²) in [6.07, 6.45) is 5.48. The molecule has 0 radical (unpaired) electrons. The van der Waals surface area contributed by atoms with Crippen LogP contribution >= 0.6 is 11.6 Å². The Balaban J connectivity index is 2.25. The Labute approximate surface area is 103 Å². The van der Waals surface area contributed by atoms with Crippen LogP contribution in [0.4, 0.5) is 0 Å². The Morgan fingerprint density at radius 3 is 2.56 bits per heavy atom. The molecule has 1 fully saturated rings. The van der Waals surface area contributed by atoms with E-state index in [1.807, 2.05) is 6.07 Å². The fourth-order valence-electron chi connectivity index (χ4n) is 2.92. The van der Waals surface area contributed by atoms with E-state index in [0.29, 0.717) is 6.04 Å². The molecule has 2 rings (SSSR count). The second-order valence-electron chi connectivity index (χ2n) is 4.81. The first kappa shape index (κ1) is 11.9. The summed E-state index contributed by atoms with van der Waals surface area (Å²) in [6, 6.07) is 6.75. The van der Waals surface area contributed by atoms with Crippen molar-refractivity contribution in [2.45, 2.75) is 38.6 Å². The highest BCUT2D eigenvalue weighted by Crippen LogP contribution is 2.36. The second kappa shape index (κ2) is 5.20. The predicted molar refractivity (Wildman–Crippen MR) is 69.9 cm³/mol. The van der Waals surface area contributed by atoms with Crippen LogP contribution in [0.2, 0.25) is 5.02 Å². The van der Waals surface area contributed by atoms with Crippen molar-refractivity contribution in [2.24, 2.45) is 5.92 Å². The van der Waals surface area contributed by atoms with Gasteiger partial charge >= 0.3 is 0 Å². The zero-order chi connectivity index (χ0) is 11.5. The maximum atomic E-state index is 6.00. The first-order chi connectivity index (χ1) is 7.72. The highest BCUT2D eigenvalue weighted by Gasteiger charge is 2.25. The summed E-state index contributed by atoms with van der Waals surface area (Å²) >= 11 is 6.00. The van der Waals surface area contributed by atoms with Gasteiger partial charge in [-0.3, -0.25) is 0 Å². The molecule has 0 heterocycles. The third-order valence-electron chi connectivity index (χ3n) is 3.75. The molecule has 16 heavy (non-hydrogen) atoms. The smallest absolute Gasteiger partial charge is 0.0408 e. The molecule has 1 saturated carbocycles. The van der Waals surface area contributed by atoms with Gasteiger partial charge in [-0.25, -0.2) is 0 Å². The third-order valence-corrected chi connectivity index (χ3v) is 3.98. The van der Waals surface area contributed by atoms with E-state index in [0.717, 1.165) is 10.9 Å². The van der Waals surface area contributed by atoms with Crippen molar-refractivity contribution < 1.29 is 0 Å². The Bertz CT molecular complexity index is 356. The highest BCUT2D eigenvalue weighted by atomic mass is 35.5. The monoisotopic (exact) mass is 237 g/mol. The molecule has 0 bridgehead atoms. The fourth-order valence-corrected chi connectivity index (χ4v) is 3.15. The van der Waals surface area contributed by atoms with Gasteiger partial charge in [-0.15, -0.1) is 0 Å². The molecule has 0 aromatic heterocycles. The molecule has 1 N–H and O–H groups in total. The molecule has 1 aliphatic carbocycles. The van der Waals surface area contributed by atoms with E-state index < -0.39 is 0 Å². The lowest BCUT2D eigenvalue weighted by Crippen LogP contribution is -2.24. The first-order valence-corrected chi connectivity index (χ1v) is 6.53. The first-order valence-electron chi connectivity index (χ1n) is 6.15. The van der Waals surface area contributed by atoms with Gasteiger partial charge in [-0.1, -0.05) is 30.5 Å². The van der Waals surface area contributed by atoms with Crippen LogP contribution in [0.25, 0.3) is 0 Å². The van der Waals surface area contributed by atoms with Crippen LogP contribution in [-0.4, -0.2) is 7.05 Å². The zero-order valence-corrected chi connectivity index (χ0v) is 10.8. The van der Waals surface area contributed by atoms with Crippen LogP contribution in [-0.2, 0) is 0 Å². The molecule has 1 atom stereocenters. The van der Waals surface area contributed by atoms with E-state index in [1.165, 1.54) is 36.8 Å². The van der Waals surface area contributed by atoms with E-state index in [1.54, 1.807) is 0 Å². The average molecular weight is 238 g/mol. The summed E-state index contributed by atoms with van der Waals surface area (Å²) in [6.45, 7) is 2.15. The van der Waals surface area contributed by atoms with Gasteiger partial charge in [0, 0.05) is 11.1 Å². The van der Waals surface area contributed by atoms with Crippen LogP contribution in [0.5, 0.6) is 0 Å². The lowest BCUT2D eigenvalue weighted by molar-refractivity contribution is 0.389. The quantitative estimate of drug-likeness (QED) is 0.835. The number of rotatable bonds is 3. The number of aryl methyl sites for hydroxylation is 1. The summed E-state index contributed by atoms with van der Waals surface area (Å²) in [5, 5.41) is 4.31. The minimum Gasteiger partial charge on any atom is -0.313 e. The summed E-state index contributed by atoms with van der Waals surface area (Å²) in [7, 11) is 2.07. The molecule has 2 heteroatoms. The van der Waals surface area contributed by atoms with E-state index in [2.05, 4.69) is 31.4 Å². The summed E-state index contributed by atoms with van der Waals surface area (Å²) in [5.74, 6) is 0.796. The van der Waals surface area contributed by atoms with E-state index in [-0.39, 0.29) is 0 Å². The standard InChI is InChI=1S/C14H20ClN/c1-10-9-12(15)7-8-13(10)14(16-2)11-5-3-4-6-11/h7-9,11,14,16H,3-6H2,1-2H3. The van der Waals surface area contributed by atoms with Crippen LogP contribution in [0.3, 0.4) is 0 Å². The highest BCUT2D eigenvalue weighted by molar-refractivity contribution is 6.30. The fraction of sp³-hybridized carbons (Fsp3) is 0.571. The van der Waals surface area contributed by atoms with Gasteiger partial charge in [0.2, 0.25) is 0 Å². The summed E-state index contributed by atoms with van der Waals surface area (Å²) in [5.41, 5.74) is 2.72. The van der Waals surface area contributed by atoms with Gasteiger partial charge in [-0.05, 0) is 56.0 Å². The summed E-state index contributed by atoms with van der Waals surface area (Å²) in [4.78, 5) is 0. The topological polar surface area (TPSA) is 12.0 Å². The number of benzene rings is 1. The van der Waals surface area contributed by atoms with Crippen molar-refractivity contribution in [3.05, 3.63) is 34.3 Å². The van der Waals surface area contributed by atoms with Crippen molar-refractivity contribution in [3.8, 4) is 0 Å². The molecule has 0 saturated heterocycles. The molecular weight excluding hydrogens is 218 g/mol. The van der Waals surface area contributed by atoms with Gasteiger partial charge in [0.15, 0.2) is 0 Å². The Morgan fingerprint density at radius 1 is 1.31 bits per heavy atom. The van der Waals surface area contributed by atoms with Crippen LogP contribution in [0.1, 0.15) is 42.9 Å². The van der Waals surface area contributed by atoms with Crippen molar-refractivity contribution in [2.75, 3.05) is 7.05 Å². The van der Waals surface area contributed by atoms with Crippen molar-refractivity contribution in [1.82, 2.24) is 5.32 Å². The maximum absolute atomic E-state index is 6.00. The minimum atomic E-state index is 0.500. The Hall–Kier alpha value is -0.530.